The third-order valence-electron chi connectivity index (χ3n) is 3.83. The van der Waals surface area contributed by atoms with Crippen LogP contribution in [0.15, 0.2) is 21.2 Å². The SMILES string of the molecule is Cc1cc(C(=O)N2CCCCC[C@@H]2c2cc(C)no2)on1. The summed E-state index contributed by atoms with van der Waals surface area (Å²) in [6, 6.07) is 3.50. The predicted octanol–water partition coefficient (Wildman–Crippen LogP) is 3.04. The quantitative estimate of drug-likeness (QED) is 0.849. The van der Waals surface area contributed by atoms with Gasteiger partial charge >= 0.3 is 0 Å². The summed E-state index contributed by atoms with van der Waals surface area (Å²) < 4.78 is 10.5. The molecule has 1 amide bonds. The Labute approximate surface area is 123 Å². The average Bonchev–Trinajstić information content (AvgIpc) is 3.00. The molecule has 0 aliphatic carbocycles. The molecule has 1 aliphatic rings. The van der Waals surface area contributed by atoms with Gasteiger partial charge in [0.1, 0.15) is 0 Å². The summed E-state index contributed by atoms with van der Waals surface area (Å²) in [6.07, 6.45) is 4.06. The Balaban J connectivity index is 1.90. The van der Waals surface area contributed by atoms with Gasteiger partial charge in [0.25, 0.3) is 5.91 Å². The molecule has 21 heavy (non-hydrogen) atoms. The third-order valence-corrected chi connectivity index (χ3v) is 3.83. The minimum absolute atomic E-state index is 0.0772. The fraction of sp³-hybridized carbons (Fsp3) is 0.533. The number of nitrogens with zero attached hydrogens (tertiary/aromatic N) is 3. The maximum Gasteiger partial charge on any atom is 0.293 e. The van der Waals surface area contributed by atoms with Crippen molar-refractivity contribution in [2.45, 2.75) is 45.6 Å². The number of hydrogen-bond donors (Lipinski definition) is 0. The molecule has 112 valence electrons. The highest BCUT2D eigenvalue weighted by Gasteiger charge is 2.31. The zero-order chi connectivity index (χ0) is 14.8. The van der Waals surface area contributed by atoms with E-state index in [1.54, 1.807) is 13.0 Å². The summed E-state index contributed by atoms with van der Waals surface area (Å²) in [6.45, 7) is 4.39. The summed E-state index contributed by atoms with van der Waals surface area (Å²) in [5.74, 6) is 0.908. The number of carbonyl (C=O) groups is 1. The number of likely N-dealkylation sites (tertiary alicyclic amines) is 1. The lowest BCUT2D eigenvalue weighted by Gasteiger charge is -2.27. The van der Waals surface area contributed by atoms with E-state index in [2.05, 4.69) is 10.3 Å². The molecule has 0 saturated carbocycles. The molecule has 1 aliphatic heterocycles. The molecule has 0 aromatic carbocycles. The van der Waals surface area contributed by atoms with E-state index in [1.807, 2.05) is 17.9 Å². The molecule has 1 atom stereocenters. The fourth-order valence-corrected chi connectivity index (χ4v) is 2.79. The molecule has 1 saturated heterocycles. The van der Waals surface area contributed by atoms with Crippen molar-refractivity contribution in [1.29, 1.82) is 0 Å². The van der Waals surface area contributed by atoms with Gasteiger partial charge in [0, 0.05) is 18.7 Å². The summed E-state index contributed by atoms with van der Waals surface area (Å²) in [5, 5.41) is 7.74. The van der Waals surface area contributed by atoms with Crippen molar-refractivity contribution >= 4 is 5.91 Å². The molecule has 3 rings (SSSR count). The van der Waals surface area contributed by atoms with E-state index >= 15 is 0 Å². The molecule has 1 fully saturated rings. The molecule has 0 radical (unpaired) electrons. The van der Waals surface area contributed by atoms with E-state index < -0.39 is 0 Å². The van der Waals surface area contributed by atoms with Crippen molar-refractivity contribution < 1.29 is 13.8 Å². The summed E-state index contributed by atoms with van der Waals surface area (Å²) >= 11 is 0. The largest absolute Gasteiger partial charge is 0.359 e. The zero-order valence-corrected chi connectivity index (χ0v) is 12.3. The Kier molecular flexibility index (Phi) is 3.77. The van der Waals surface area contributed by atoms with Crippen molar-refractivity contribution in [2.75, 3.05) is 6.54 Å². The van der Waals surface area contributed by atoms with Gasteiger partial charge < -0.3 is 13.9 Å². The fourth-order valence-electron chi connectivity index (χ4n) is 2.79. The number of amides is 1. The van der Waals surface area contributed by atoms with Crippen LogP contribution in [0.25, 0.3) is 0 Å². The van der Waals surface area contributed by atoms with Gasteiger partial charge in [-0.1, -0.05) is 23.2 Å². The minimum Gasteiger partial charge on any atom is -0.359 e. The van der Waals surface area contributed by atoms with Crippen LogP contribution in [0, 0.1) is 13.8 Å². The predicted molar refractivity (Wildman–Crippen MR) is 74.7 cm³/mol. The van der Waals surface area contributed by atoms with Crippen LogP contribution in [0.3, 0.4) is 0 Å². The Morgan fingerprint density at radius 3 is 2.57 bits per heavy atom. The Morgan fingerprint density at radius 1 is 1.14 bits per heavy atom. The molecular formula is C15H19N3O3. The van der Waals surface area contributed by atoms with Gasteiger partial charge in [-0.2, -0.15) is 0 Å². The van der Waals surface area contributed by atoms with Crippen LogP contribution in [-0.4, -0.2) is 27.7 Å². The van der Waals surface area contributed by atoms with Crippen LogP contribution in [0.2, 0.25) is 0 Å². The molecule has 2 aromatic heterocycles. The van der Waals surface area contributed by atoms with E-state index in [4.69, 9.17) is 9.05 Å². The maximum atomic E-state index is 12.7. The van der Waals surface area contributed by atoms with Crippen molar-refractivity contribution in [3.8, 4) is 0 Å². The lowest BCUT2D eigenvalue weighted by Crippen LogP contribution is -2.34. The number of aromatic nitrogens is 2. The van der Waals surface area contributed by atoms with Crippen molar-refractivity contribution in [3.63, 3.8) is 0 Å². The number of rotatable bonds is 2. The highest BCUT2D eigenvalue weighted by Crippen LogP contribution is 2.31. The Bertz CT molecular complexity index is 632. The first kappa shape index (κ1) is 13.9. The van der Waals surface area contributed by atoms with Crippen LogP contribution in [0.5, 0.6) is 0 Å². The van der Waals surface area contributed by atoms with E-state index in [0.29, 0.717) is 12.2 Å². The van der Waals surface area contributed by atoms with Crippen LogP contribution in [0.4, 0.5) is 0 Å². The average molecular weight is 289 g/mol. The standard InChI is InChI=1S/C15H19N3O3/c1-10-8-13(20-16-10)12-6-4-3-5-7-18(12)15(19)14-9-11(2)17-21-14/h8-9,12H,3-7H2,1-2H3/t12-/m1/s1. The highest BCUT2D eigenvalue weighted by molar-refractivity contribution is 5.91. The van der Waals surface area contributed by atoms with Crippen molar-refractivity contribution in [2.24, 2.45) is 0 Å². The maximum absolute atomic E-state index is 12.7. The zero-order valence-electron chi connectivity index (χ0n) is 12.3. The number of carbonyl (C=O) groups excluding carboxylic acids is 1. The van der Waals surface area contributed by atoms with Crippen LogP contribution in [-0.2, 0) is 0 Å². The third kappa shape index (κ3) is 2.84. The lowest BCUT2D eigenvalue weighted by atomic mass is 10.1. The highest BCUT2D eigenvalue weighted by atomic mass is 16.5. The first-order chi connectivity index (χ1) is 10.1. The van der Waals surface area contributed by atoms with E-state index in [1.165, 1.54) is 0 Å². The van der Waals surface area contributed by atoms with Gasteiger partial charge in [-0.3, -0.25) is 4.79 Å². The van der Waals surface area contributed by atoms with E-state index in [9.17, 15) is 4.79 Å². The second kappa shape index (κ2) is 5.71. The smallest absolute Gasteiger partial charge is 0.293 e. The molecule has 0 unspecified atom stereocenters. The molecule has 3 heterocycles. The van der Waals surface area contributed by atoms with Gasteiger partial charge in [-0.05, 0) is 26.7 Å². The second-order valence-electron chi connectivity index (χ2n) is 5.57. The van der Waals surface area contributed by atoms with Crippen molar-refractivity contribution in [3.05, 3.63) is 35.0 Å². The summed E-state index contributed by atoms with van der Waals surface area (Å²) in [7, 11) is 0. The minimum atomic E-state index is -0.128. The number of aryl methyl sites for hydroxylation is 2. The first-order valence-electron chi connectivity index (χ1n) is 7.32. The Morgan fingerprint density at radius 2 is 1.90 bits per heavy atom. The normalized spacial score (nSPS) is 19.5. The molecule has 6 nitrogen and oxygen atoms in total. The van der Waals surface area contributed by atoms with Crippen LogP contribution >= 0.6 is 0 Å². The van der Waals surface area contributed by atoms with Crippen LogP contribution < -0.4 is 0 Å². The molecule has 2 aromatic rings. The molecule has 0 spiro atoms. The monoisotopic (exact) mass is 289 g/mol. The van der Waals surface area contributed by atoms with Crippen LogP contribution in [0.1, 0.15) is 59.4 Å². The van der Waals surface area contributed by atoms with E-state index in [-0.39, 0.29) is 17.7 Å². The molecule has 0 bridgehead atoms. The van der Waals surface area contributed by atoms with Gasteiger partial charge in [0.05, 0.1) is 17.4 Å². The summed E-state index contributed by atoms with van der Waals surface area (Å²) in [4.78, 5) is 14.5. The van der Waals surface area contributed by atoms with Crippen molar-refractivity contribution in [1.82, 2.24) is 15.2 Å². The van der Waals surface area contributed by atoms with Gasteiger partial charge in [-0.25, -0.2) is 0 Å². The first-order valence-corrected chi connectivity index (χ1v) is 7.32. The topological polar surface area (TPSA) is 72.4 Å². The lowest BCUT2D eigenvalue weighted by molar-refractivity contribution is 0.0608. The van der Waals surface area contributed by atoms with Gasteiger partial charge in [0.15, 0.2) is 5.76 Å². The van der Waals surface area contributed by atoms with E-state index in [0.717, 1.165) is 37.1 Å². The number of hydrogen-bond acceptors (Lipinski definition) is 5. The van der Waals surface area contributed by atoms with Gasteiger partial charge in [-0.15, -0.1) is 0 Å². The Hall–Kier alpha value is -2.11. The molecule has 0 N–H and O–H groups in total. The molecule has 6 heteroatoms. The second-order valence-corrected chi connectivity index (χ2v) is 5.57. The summed E-state index contributed by atoms with van der Waals surface area (Å²) in [5.41, 5.74) is 1.54. The van der Waals surface area contributed by atoms with Gasteiger partial charge in [0.2, 0.25) is 5.76 Å². The molecular weight excluding hydrogens is 270 g/mol.